The molecule has 120 valence electrons. The lowest BCUT2D eigenvalue weighted by Gasteiger charge is -2.43. The fraction of sp³-hybridized carbons (Fsp3) is 0.471. The number of rotatable bonds is 1. The lowest BCUT2D eigenvalue weighted by atomic mass is 9.90. The van der Waals surface area contributed by atoms with Gasteiger partial charge in [0.1, 0.15) is 0 Å². The average Bonchev–Trinajstić information content (AvgIpc) is 2.61. The number of ether oxygens (including phenoxy) is 1. The Labute approximate surface area is 133 Å². The van der Waals surface area contributed by atoms with Crippen molar-refractivity contribution >= 4 is 16.7 Å². The first-order valence-corrected chi connectivity index (χ1v) is 8.16. The van der Waals surface area contributed by atoms with Gasteiger partial charge in [0, 0.05) is 11.9 Å². The van der Waals surface area contributed by atoms with Crippen LogP contribution in [0.1, 0.15) is 36.2 Å². The number of nitrogens with zero attached hydrogens (tertiary/aromatic N) is 2. The van der Waals surface area contributed by atoms with E-state index in [1.54, 1.807) is 18.2 Å². The van der Waals surface area contributed by atoms with Crippen LogP contribution in [0.4, 0.5) is 0 Å². The van der Waals surface area contributed by atoms with Crippen LogP contribution in [0.2, 0.25) is 0 Å². The van der Waals surface area contributed by atoms with E-state index in [2.05, 4.69) is 10.2 Å². The molecular formula is C17H19N3O3. The summed E-state index contributed by atoms with van der Waals surface area (Å²) in [5.74, 6) is -0.113. The van der Waals surface area contributed by atoms with Crippen molar-refractivity contribution in [1.82, 2.24) is 15.1 Å². The van der Waals surface area contributed by atoms with Gasteiger partial charge in [-0.15, -0.1) is 0 Å². The molecule has 1 aromatic heterocycles. The number of amides is 1. The number of benzene rings is 1. The van der Waals surface area contributed by atoms with Gasteiger partial charge in [-0.3, -0.25) is 9.59 Å². The van der Waals surface area contributed by atoms with Crippen LogP contribution >= 0.6 is 0 Å². The first-order valence-electron chi connectivity index (χ1n) is 8.16. The van der Waals surface area contributed by atoms with Gasteiger partial charge in [0.2, 0.25) is 0 Å². The molecule has 2 aliphatic rings. The van der Waals surface area contributed by atoms with Crippen molar-refractivity contribution in [2.75, 3.05) is 13.2 Å². The highest BCUT2D eigenvalue weighted by atomic mass is 16.5. The third kappa shape index (κ3) is 2.43. The molecule has 2 atom stereocenters. The summed E-state index contributed by atoms with van der Waals surface area (Å²) in [5.41, 5.74) is 0.0566. The van der Waals surface area contributed by atoms with Crippen LogP contribution in [-0.2, 0) is 4.74 Å². The second-order valence-electron chi connectivity index (χ2n) is 6.21. The molecule has 4 rings (SSSR count). The van der Waals surface area contributed by atoms with E-state index in [9.17, 15) is 9.59 Å². The van der Waals surface area contributed by atoms with Gasteiger partial charge in [0.25, 0.3) is 11.5 Å². The molecule has 2 heterocycles. The summed E-state index contributed by atoms with van der Waals surface area (Å²) in [6.07, 6.45) is 4.39. The molecule has 2 fully saturated rings. The van der Waals surface area contributed by atoms with Gasteiger partial charge in [-0.1, -0.05) is 31.0 Å². The van der Waals surface area contributed by atoms with Gasteiger partial charge in [-0.25, -0.2) is 5.10 Å². The minimum Gasteiger partial charge on any atom is -0.374 e. The third-order valence-corrected chi connectivity index (χ3v) is 4.89. The number of fused-ring (bicyclic) bond motifs is 2. The van der Waals surface area contributed by atoms with E-state index in [4.69, 9.17) is 4.74 Å². The van der Waals surface area contributed by atoms with Gasteiger partial charge >= 0.3 is 0 Å². The Morgan fingerprint density at radius 1 is 1.22 bits per heavy atom. The Morgan fingerprint density at radius 2 is 2.00 bits per heavy atom. The number of carbonyl (C=O) groups is 1. The number of hydrogen-bond acceptors (Lipinski definition) is 4. The van der Waals surface area contributed by atoms with Gasteiger partial charge in [0.05, 0.1) is 24.1 Å². The molecule has 23 heavy (non-hydrogen) atoms. The van der Waals surface area contributed by atoms with Crippen LogP contribution in [0.5, 0.6) is 0 Å². The number of carbonyl (C=O) groups excluding carboxylic acids is 1. The zero-order valence-electron chi connectivity index (χ0n) is 12.8. The second kappa shape index (κ2) is 5.77. The lowest BCUT2D eigenvalue weighted by molar-refractivity contribution is -0.0753. The molecule has 6 heteroatoms. The zero-order valence-corrected chi connectivity index (χ0v) is 12.8. The topological polar surface area (TPSA) is 75.3 Å². The Balaban J connectivity index is 1.74. The molecule has 1 N–H and O–H groups in total. The van der Waals surface area contributed by atoms with Crippen molar-refractivity contribution in [3.63, 3.8) is 0 Å². The molecule has 1 saturated heterocycles. The van der Waals surface area contributed by atoms with Crippen LogP contribution in [0.15, 0.2) is 29.1 Å². The maximum Gasteiger partial charge on any atom is 0.275 e. The summed E-state index contributed by atoms with van der Waals surface area (Å²) in [7, 11) is 0. The van der Waals surface area contributed by atoms with Crippen molar-refractivity contribution in [2.24, 2.45) is 0 Å². The summed E-state index contributed by atoms with van der Waals surface area (Å²) in [4.78, 5) is 26.8. The number of morpholine rings is 1. The molecule has 6 nitrogen and oxygen atoms in total. The highest BCUT2D eigenvalue weighted by molar-refractivity contribution is 6.04. The predicted molar refractivity (Wildman–Crippen MR) is 85.4 cm³/mol. The number of aromatic amines is 1. The van der Waals surface area contributed by atoms with Gasteiger partial charge in [0.15, 0.2) is 5.69 Å². The van der Waals surface area contributed by atoms with Crippen molar-refractivity contribution in [3.8, 4) is 0 Å². The van der Waals surface area contributed by atoms with Crippen molar-refractivity contribution in [2.45, 2.75) is 37.8 Å². The molecule has 0 bridgehead atoms. The molecule has 1 aliphatic carbocycles. The van der Waals surface area contributed by atoms with E-state index in [0.29, 0.717) is 29.6 Å². The van der Waals surface area contributed by atoms with E-state index >= 15 is 0 Å². The van der Waals surface area contributed by atoms with Crippen LogP contribution in [0.3, 0.4) is 0 Å². The smallest absolute Gasteiger partial charge is 0.275 e. The molecular weight excluding hydrogens is 294 g/mol. The highest BCUT2D eigenvalue weighted by Gasteiger charge is 2.37. The highest BCUT2D eigenvalue weighted by Crippen LogP contribution is 2.29. The Kier molecular flexibility index (Phi) is 3.61. The summed E-state index contributed by atoms with van der Waals surface area (Å²) >= 11 is 0. The largest absolute Gasteiger partial charge is 0.374 e. The van der Waals surface area contributed by atoms with Crippen molar-refractivity contribution in [1.29, 1.82) is 0 Å². The van der Waals surface area contributed by atoms with Crippen LogP contribution in [-0.4, -0.2) is 46.3 Å². The maximum absolute atomic E-state index is 13.1. The van der Waals surface area contributed by atoms with Gasteiger partial charge in [-0.2, -0.15) is 5.10 Å². The fourth-order valence-electron chi connectivity index (χ4n) is 3.76. The van der Waals surface area contributed by atoms with Crippen molar-refractivity contribution in [3.05, 3.63) is 40.3 Å². The minimum absolute atomic E-state index is 0.113. The maximum atomic E-state index is 13.1. The SMILES string of the molecule is O=C(c1n[nH]c(=O)c2ccccc12)N1CCO[C@H]2CCCC[C@H]21. The minimum atomic E-state index is -0.269. The standard InChI is InChI=1S/C17H19N3O3/c21-16-12-6-2-1-5-11(12)15(18-19-16)17(22)20-9-10-23-14-8-4-3-7-13(14)20/h1-2,5-6,13-14H,3-4,7-10H2,(H,19,21)/t13-,14+/m1/s1. The van der Waals surface area contributed by atoms with E-state index < -0.39 is 0 Å². The van der Waals surface area contributed by atoms with E-state index in [1.165, 1.54) is 0 Å². The molecule has 1 amide bonds. The van der Waals surface area contributed by atoms with E-state index in [1.807, 2.05) is 11.0 Å². The quantitative estimate of drug-likeness (QED) is 0.869. The first kappa shape index (κ1) is 14.4. The third-order valence-electron chi connectivity index (χ3n) is 4.89. The molecule has 0 spiro atoms. The predicted octanol–water partition coefficient (Wildman–Crippen LogP) is 1.71. The molecule has 1 aromatic carbocycles. The Hall–Kier alpha value is -2.21. The van der Waals surface area contributed by atoms with Gasteiger partial charge < -0.3 is 9.64 Å². The summed E-state index contributed by atoms with van der Waals surface area (Å²) < 4.78 is 5.83. The van der Waals surface area contributed by atoms with Crippen LogP contribution in [0, 0.1) is 0 Å². The molecule has 2 aromatic rings. The monoisotopic (exact) mass is 313 g/mol. The number of aromatic nitrogens is 2. The number of hydrogen-bond donors (Lipinski definition) is 1. The lowest BCUT2D eigenvalue weighted by Crippen LogP contribution is -2.55. The molecule has 1 aliphatic heterocycles. The van der Waals surface area contributed by atoms with Crippen LogP contribution in [0.25, 0.3) is 10.8 Å². The second-order valence-corrected chi connectivity index (χ2v) is 6.21. The number of H-pyrrole nitrogens is 1. The fourth-order valence-corrected chi connectivity index (χ4v) is 3.76. The Bertz CT molecular complexity index is 799. The first-order chi connectivity index (χ1) is 11.3. The summed E-state index contributed by atoms with van der Waals surface area (Å²) in [5, 5.41) is 7.61. The summed E-state index contributed by atoms with van der Waals surface area (Å²) in [6.45, 7) is 1.14. The van der Waals surface area contributed by atoms with Gasteiger partial charge in [-0.05, 0) is 18.9 Å². The Morgan fingerprint density at radius 3 is 2.87 bits per heavy atom. The zero-order chi connectivity index (χ0) is 15.8. The molecule has 1 saturated carbocycles. The average molecular weight is 313 g/mol. The molecule has 0 unspecified atom stereocenters. The molecule has 0 radical (unpaired) electrons. The normalized spacial score (nSPS) is 24.4. The van der Waals surface area contributed by atoms with E-state index in [0.717, 1.165) is 25.7 Å². The summed E-state index contributed by atoms with van der Waals surface area (Å²) in [6, 6.07) is 7.23. The van der Waals surface area contributed by atoms with E-state index in [-0.39, 0.29) is 23.6 Å². The number of nitrogens with one attached hydrogen (secondary N) is 1. The van der Waals surface area contributed by atoms with Crippen LogP contribution < -0.4 is 5.56 Å². The van der Waals surface area contributed by atoms with Crippen molar-refractivity contribution < 1.29 is 9.53 Å².